The van der Waals surface area contributed by atoms with Crippen LogP contribution in [0.25, 0.3) is 11.3 Å². The van der Waals surface area contributed by atoms with Gasteiger partial charge in [0.15, 0.2) is 0 Å². The maximum absolute atomic E-state index is 13.6. The number of thiophene rings is 1. The molecule has 38 heavy (non-hydrogen) atoms. The number of amides is 1. The second-order valence-electron chi connectivity index (χ2n) is 9.69. The third kappa shape index (κ3) is 5.75. The molecule has 0 aliphatic heterocycles. The van der Waals surface area contributed by atoms with Crippen molar-refractivity contribution in [2.45, 2.75) is 52.4 Å². The molecule has 5 rings (SSSR count). The lowest BCUT2D eigenvalue weighted by Crippen LogP contribution is -2.14. The fourth-order valence-electron chi connectivity index (χ4n) is 4.92. The summed E-state index contributed by atoms with van der Waals surface area (Å²) in [6.45, 7) is 4.04. The fourth-order valence-corrected chi connectivity index (χ4v) is 6.15. The van der Waals surface area contributed by atoms with Crippen LogP contribution < -0.4 is 5.32 Å². The Morgan fingerprint density at radius 2 is 1.71 bits per heavy atom. The van der Waals surface area contributed by atoms with Crippen molar-refractivity contribution in [1.29, 1.82) is 0 Å². The van der Waals surface area contributed by atoms with Crippen molar-refractivity contribution in [2.75, 3.05) is 5.32 Å². The number of anilines is 1. The number of hydrogen-bond donors (Lipinski definition) is 1. The van der Waals surface area contributed by atoms with Crippen molar-refractivity contribution in [3.63, 3.8) is 0 Å². The Kier molecular flexibility index (Phi) is 7.51. The maximum atomic E-state index is 13.6. The van der Waals surface area contributed by atoms with Gasteiger partial charge in [-0.05, 0) is 92.6 Å². The molecule has 0 radical (unpaired) electrons. The van der Waals surface area contributed by atoms with Crippen molar-refractivity contribution in [3.8, 4) is 11.3 Å². The number of rotatable bonds is 6. The second-order valence-corrected chi connectivity index (χ2v) is 10.8. The quantitative estimate of drug-likeness (QED) is 0.155. The Labute approximate surface area is 225 Å². The molecular weight excluding hydrogens is 498 g/mol. The van der Waals surface area contributed by atoms with Gasteiger partial charge in [0.25, 0.3) is 11.6 Å². The van der Waals surface area contributed by atoms with Gasteiger partial charge in [-0.15, -0.1) is 11.3 Å². The molecular formula is C30H29N3O4S. The Hall–Kier alpha value is -4.04. The SMILES string of the molecule is Cc1cc(C)cc(NC(=O)c2c(N=Cc3ccc(-c4ccc([N+](=O)[O-])cc4)o3)sc3c2CCCCCC3)c1. The van der Waals surface area contributed by atoms with Gasteiger partial charge in [0.1, 0.15) is 16.5 Å². The van der Waals surface area contributed by atoms with E-state index in [4.69, 9.17) is 9.41 Å². The molecule has 0 bridgehead atoms. The van der Waals surface area contributed by atoms with Gasteiger partial charge in [0, 0.05) is 28.3 Å². The summed E-state index contributed by atoms with van der Waals surface area (Å²) in [5, 5.41) is 14.7. The first-order valence-electron chi connectivity index (χ1n) is 12.8. The van der Waals surface area contributed by atoms with Gasteiger partial charge < -0.3 is 9.73 Å². The summed E-state index contributed by atoms with van der Waals surface area (Å²) in [7, 11) is 0. The molecule has 0 saturated carbocycles. The van der Waals surface area contributed by atoms with E-state index in [2.05, 4.69) is 11.4 Å². The summed E-state index contributed by atoms with van der Waals surface area (Å²) in [6, 6.07) is 15.9. The van der Waals surface area contributed by atoms with Gasteiger partial charge >= 0.3 is 0 Å². The maximum Gasteiger partial charge on any atom is 0.269 e. The minimum Gasteiger partial charge on any atom is -0.455 e. The summed E-state index contributed by atoms with van der Waals surface area (Å²) in [4.78, 5) is 30.1. The lowest BCUT2D eigenvalue weighted by Gasteiger charge is -2.12. The highest BCUT2D eigenvalue weighted by atomic mass is 32.1. The molecule has 2 heterocycles. The highest BCUT2D eigenvalue weighted by Gasteiger charge is 2.24. The molecule has 0 unspecified atom stereocenters. The zero-order valence-corrected chi connectivity index (χ0v) is 22.3. The highest BCUT2D eigenvalue weighted by Crippen LogP contribution is 2.39. The van der Waals surface area contributed by atoms with Crippen LogP contribution >= 0.6 is 11.3 Å². The van der Waals surface area contributed by atoms with Crippen molar-refractivity contribution in [2.24, 2.45) is 4.99 Å². The average Bonchev–Trinajstić information content (AvgIpc) is 3.46. The first-order valence-corrected chi connectivity index (χ1v) is 13.6. The molecule has 0 fully saturated rings. The molecule has 0 spiro atoms. The molecule has 2 aromatic carbocycles. The van der Waals surface area contributed by atoms with E-state index in [1.165, 1.54) is 29.9 Å². The monoisotopic (exact) mass is 527 g/mol. The predicted octanol–water partition coefficient (Wildman–Crippen LogP) is 8.20. The topological polar surface area (TPSA) is 97.7 Å². The molecule has 0 saturated heterocycles. The smallest absolute Gasteiger partial charge is 0.269 e. The molecule has 1 amide bonds. The largest absolute Gasteiger partial charge is 0.455 e. The van der Waals surface area contributed by atoms with Crippen LogP contribution in [-0.2, 0) is 12.8 Å². The Bertz CT molecular complexity index is 1490. The summed E-state index contributed by atoms with van der Waals surface area (Å²) < 4.78 is 5.94. The van der Waals surface area contributed by atoms with E-state index < -0.39 is 4.92 Å². The standard InChI is InChI=1S/C30H29N3O4S/c1-19-15-20(2)17-22(16-19)32-29(34)28-25-7-5-3-4-6-8-27(25)38-30(28)31-18-24-13-14-26(37-24)21-9-11-23(12-10-21)33(35)36/h9-18H,3-8H2,1-2H3,(H,32,34). The van der Waals surface area contributed by atoms with Gasteiger partial charge in [-0.2, -0.15) is 0 Å². The van der Waals surface area contributed by atoms with Crippen LogP contribution in [0.1, 0.15) is 63.4 Å². The number of aryl methyl sites for hydroxylation is 3. The van der Waals surface area contributed by atoms with Crippen molar-refractivity contribution < 1.29 is 14.1 Å². The normalized spacial score (nSPS) is 13.6. The number of nitro groups is 1. The first-order chi connectivity index (χ1) is 18.4. The number of aliphatic imine (C=N–C) groups is 1. The molecule has 1 aliphatic carbocycles. The molecule has 2 aromatic heterocycles. The van der Waals surface area contributed by atoms with Crippen molar-refractivity contribution in [3.05, 3.63) is 97.6 Å². The van der Waals surface area contributed by atoms with Crippen molar-refractivity contribution >= 4 is 39.8 Å². The van der Waals surface area contributed by atoms with Gasteiger partial charge in [0.05, 0.1) is 16.7 Å². The second kappa shape index (κ2) is 11.1. The first kappa shape index (κ1) is 25.6. The third-order valence-electron chi connectivity index (χ3n) is 6.66. The van der Waals surface area contributed by atoms with Gasteiger partial charge in [-0.25, -0.2) is 4.99 Å². The zero-order valence-electron chi connectivity index (χ0n) is 21.5. The summed E-state index contributed by atoms with van der Waals surface area (Å²) >= 11 is 1.59. The zero-order chi connectivity index (χ0) is 26.6. The molecule has 7 nitrogen and oxygen atoms in total. The van der Waals surface area contributed by atoms with E-state index in [0.29, 0.717) is 22.1 Å². The number of fused-ring (bicyclic) bond motifs is 1. The number of non-ortho nitro benzene ring substituents is 1. The third-order valence-corrected chi connectivity index (χ3v) is 7.86. The number of nitro benzene ring substituents is 1. The van der Waals surface area contributed by atoms with E-state index >= 15 is 0 Å². The summed E-state index contributed by atoms with van der Waals surface area (Å²) in [5.41, 5.74) is 5.53. The molecule has 4 aromatic rings. The Balaban J connectivity index is 1.44. The van der Waals surface area contributed by atoms with Crippen LogP contribution in [-0.4, -0.2) is 17.0 Å². The van der Waals surface area contributed by atoms with Crippen LogP contribution in [0.15, 0.2) is 64.0 Å². The minimum atomic E-state index is -0.428. The van der Waals surface area contributed by atoms with E-state index in [1.54, 1.807) is 35.8 Å². The summed E-state index contributed by atoms with van der Waals surface area (Å²) in [5.74, 6) is 0.999. The molecule has 8 heteroatoms. The number of carbonyl (C=O) groups excluding carboxylic acids is 1. The number of hydrogen-bond acceptors (Lipinski definition) is 6. The van der Waals surface area contributed by atoms with Crippen LogP contribution in [0, 0.1) is 24.0 Å². The molecule has 1 aliphatic rings. The van der Waals surface area contributed by atoms with Crippen LogP contribution in [0.4, 0.5) is 16.4 Å². The van der Waals surface area contributed by atoms with E-state index in [-0.39, 0.29) is 11.6 Å². The van der Waals surface area contributed by atoms with E-state index in [0.717, 1.165) is 53.6 Å². The predicted molar refractivity (Wildman–Crippen MR) is 152 cm³/mol. The number of nitrogens with one attached hydrogen (secondary N) is 1. The van der Waals surface area contributed by atoms with Crippen LogP contribution in [0.2, 0.25) is 0 Å². The highest BCUT2D eigenvalue weighted by molar-refractivity contribution is 7.16. The van der Waals surface area contributed by atoms with Gasteiger partial charge in [0.2, 0.25) is 0 Å². The number of carbonyl (C=O) groups is 1. The minimum absolute atomic E-state index is 0.0296. The number of furan rings is 1. The van der Waals surface area contributed by atoms with Crippen LogP contribution in [0.5, 0.6) is 0 Å². The van der Waals surface area contributed by atoms with E-state index in [9.17, 15) is 14.9 Å². The number of benzene rings is 2. The lowest BCUT2D eigenvalue weighted by atomic mass is 9.96. The molecule has 0 atom stereocenters. The lowest BCUT2D eigenvalue weighted by molar-refractivity contribution is -0.384. The molecule has 1 N–H and O–H groups in total. The fraction of sp³-hybridized carbons (Fsp3) is 0.267. The van der Waals surface area contributed by atoms with Gasteiger partial charge in [-0.1, -0.05) is 18.9 Å². The van der Waals surface area contributed by atoms with Crippen molar-refractivity contribution in [1.82, 2.24) is 0 Å². The van der Waals surface area contributed by atoms with Crippen LogP contribution in [0.3, 0.4) is 0 Å². The van der Waals surface area contributed by atoms with E-state index in [1.807, 2.05) is 32.0 Å². The van der Waals surface area contributed by atoms with Gasteiger partial charge in [-0.3, -0.25) is 14.9 Å². The average molecular weight is 528 g/mol. The number of nitrogens with zero attached hydrogens (tertiary/aromatic N) is 2. The Morgan fingerprint density at radius 3 is 2.42 bits per heavy atom. The molecule has 194 valence electrons. The summed E-state index contributed by atoms with van der Waals surface area (Å²) in [6.07, 6.45) is 8.04. The Morgan fingerprint density at radius 1 is 1.00 bits per heavy atom.